The van der Waals surface area contributed by atoms with Crippen molar-refractivity contribution in [2.45, 2.75) is 20.3 Å². The van der Waals surface area contributed by atoms with Gasteiger partial charge in [0.2, 0.25) is 0 Å². The van der Waals surface area contributed by atoms with E-state index < -0.39 is 0 Å². The number of hydrogen-bond acceptors (Lipinski definition) is 6. The molecule has 1 fully saturated rings. The Bertz CT molecular complexity index is 992. The van der Waals surface area contributed by atoms with Crippen LogP contribution in [0.25, 0.3) is 6.08 Å². The maximum Gasteiger partial charge on any atom is 0.265 e. The minimum atomic E-state index is -0.127. The third-order valence-electron chi connectivity index (χ3n) is 4.44. The third-order valence-corrected chi connectivity index (χ3v) is 6.21. The molecule has 0 N–H and O–H groups in total. The number of likely N-dealkylation sites (N-methyl/N-ethyl adjacent to an activating group) is 1. The minimum Gasteiger partial charge on any atom is -0.493 e. The van der Waals surface area contributed by atoms with Crippen LogP contribution in [0.5, 0.6) is 17.2 Å². The van der Waals surface area contributed by atoms with Gasteiger partial charge in [0, 0.05) is 13.5 Å². The van der Waals surface area contributed by atoms with Gasteiger partial charge >= 0.3 is 0 Å². The molecule has 1 aliphatic rings. The van der Waals surface area contributed by atoms with Gasteiger partial charge in [-0.25, -0.2) is 0 Å². The van der Waals surface area contributed by atoms with Gasteiger partial charge in [-0.2, -0.15) is 0 Å². The topological polar surface area (TPSA) is 48.0 Å². The molecule has 1 saturated heterocycles. The van der Waals surface area contributed by atoms with Crippen LogP contribution in [-0.2, 0) is 4.79 Å². The molecule has 0 aromatic heterocycles. The van der Waals surface area contributed by atoms with Gasteiger partial charge in [-0.1, -0.05) is 53.3 Å². The van der Waals surface area contributed by atoms with E-state index in [4.69, 9.17) is 38.0 Å². The highest BCUT2D eigenvalue weighted by molar-refractivity contribution is 8.26. The van der Waals surface area contributed by atoms with E-state index in [1.165, 1.54) is 22.2 Å². The number of carbonyl (C=O) groups excluding carboxylic acids is 1. The van der Waals surface area contributed by atoms with Crippen LogP contribution in [-0.4, -0.2) is 42.0 Å². The summed E-state index contributed by atoms with van der Waals surface area (Å²) in [5, 5.41) is 0.420. The lowest BCUT2D eigenvalue weighted by atomic mass is 10.1. The van der Waals surface area contributed by atoms with E-state index in [0.29, 0.717) is 52.0 Å². The lowest BCUT2D eigenvalue weighted by Crippen LogP contribution is -2.22. The highest BCUT2D eigenvalue weighted by Gasteiger charge is 2.28. The van der Waals surface area contributed by atoms with E-state index in [0.717, 1.165) is 11.3 Å². The largest absolute Gasteiger partial charge is 0.493 e. The first-order valence-corrected chi connectivity index (χ1v) is 11.5. The Morgan fingerprint density at radius 2 is 1.84 bits per heavy atom. The van der Waals surface area contributed by atoms with Gasteiger partial charge in [0.05, 0.1) is 29.7 Å². The fourth-order valence-corrected chi connectivity index (χ4v) is 4.28. The number of hydrogen-bond donors (Lipinski definition) is 0. The molecule has 1 aliphatic heterocycles. The van der Waals surface area contributed by atoms with Crippen LogP contribution in [0.2, 0.25) is 5.02 Å². The average Bonchev–Trinajstić information content (AvgIpc) is 2.97. The molecular formula is C23H24ClNO4S2. The molecule has 0 radical (unpaired) electrons. The molecule has 0 atom stereocenters. The Morgan fingerprint density at radius 3 is 2.48 bits per heavy atom. The second-order valence-electron chi connectivity index (χ2n) is 6.87. The maximum absolute atomic E-state index is 12.3. The monoisotopic (exact) mass is 477 g/mol. The van der Waals surface area contributed by atoms with Gasteiger partial charge in [-0.15, -0.1) is 0 Å². The summed E-state index contributed by atoms with van der Waals surface area (Å²) in [6.07, 6.45) is 2.45. The fourth-order valence-electron chi connectivity index (χ4n) is 2.83. The van der Waals surface area contributed by atoms with E-state index >= 15 is 0 Å². The summed E-state index contributed by atoms with van der Waals surface area (Å²) >= 11 is 12.9. The van der Waals surface area contributed by atoms with Crippen LogP contribution in [0.15, 0.2) is 41.3 Å². The average molecular weight is 478 g/mol. The predicted octanol–water partition coefficient (Wildman–Crippen LogP) is 5.73. The summed E-state index contributed by atoms with van der Waals surface area (Å²) in [7, 11) is 1.66. The molecule has 0 unspecified atom stereocenters. The van der Waals surface area contributed by atoms with Crippen LogP contribution >= 0.6 is 35.6 Å². The minimum absolute atomic E-state index is 0.127. The van der Waals surface area contributed by atoms with Crippen molar-refractivity contribution in [1.82, 2.24) is 4.90 Å². The summed E-state index contributed by atoms with van der Waals surface area (Å²) in [5.41, 5.74) is 1.94. The number of nitrogens with zero attached hydrogens (tertiary/aromatic N) is 1. The Labute approximate surface area is 197 Å². The number of aryl methyl sites for hydroxylation is 1. The van der Waals surface area contributed by atoms with Gasteiger partial charge in [0.15, 0.2) is 11.5 Å². The van der Waals surface area contributed by atoms with Crippen molar-refractivity contribution < 1.29 is 19.0 Å². The van der Waals surface area contributed by atoms with E-state index in [1.807, 2.05) is 44.2 Å². The molecule has 0 saturated carbocycles. The second kappa shape index (κ2) is 10.9. The number of halogens is 1. The molecule has 5 nitrogen and oxygen atoms in total. The summed E-state index contributed by atoms with van der Waals surface area (Å²) in [6, 6.07) is 11.5. The van der Waals surface area contributed by atoms with Gasteiger partial charge in [0.1, 0.15) is 10.1 Å². The summed E-state index contributed by atoms with van der Waals surface area (Å²) in [6.45, 7) is 5.35. The van der Waals surface area contributed by atoms with E-state index in [-0.39, 0.29) is 5.91 Å². The van der Waals surface area contributed by atoms with E-state index in [1.54, 1.807) is 19.2 Å². The smallest absolute Gasteiger partial charge is 0.265 e. The van der Waals surface area contributed by atoms with Crippen molar-refractivity contribution in [1.29, 1.82) is 0 Å². The fraction of sp³-hybridized carbons (Fsp3) is 0.304. The molecule has 164 valence electrons. The SMILES string of the molecule is CCOc1cc(/C=C2/SC(=S)N(C)C2=O)cc(Cl)c1OCCCOc1ccc(C)cc1. The van der Waals surface area contributed by atoms with Gasteiger partial charge in [-0.3, -0.25) is 9.69 Å². The number of thioether (sulfide) groups is 1. The number of ether oxygens (including phenoxy) is 3. The molecule has 31 heavy (non-hydrogen) atoms. The molecule has 0 bridgehead atoms. The number of benzene rings is 2. The molecule has 8 heteroatoms. The lowest BCUT2D eigenvalue weighted by Gasteiger charge is -2.15. The first-order chi connectivity index (χ1) is 14.9. The second-order valence-corrected chi connectivity index (χ2v) is 8.95. The first-order valence-electron chi connectivity index (χ1n) is 9.89. The molecule has 2 aromatic rings. The highest BCUT2D eigenvalue weighted by atomic mass is 35.5. The van der Waals surface area contributed by atoms with Gasteiger partial charge in [-0.05, 0) is 49.8 Å². The molecule has 1 amide bonds. The lowest BCUT2D eigenvalue weighted by molar-refractivity contribution is -0.121. The molecule has 0 spiro atoms. The standard InChI is InChI=1S/C23H24ClNO4S2/c1-4-27-19-13-16(14-20-22(26)25(3)23(30)31-20)12-18(24)21(19)29-11-5-10-28-17-8-6-15(2)7-9-17/h6-9,12-14H,4-5,10-11H2,1-3H3/b20-14+. The van der Waals surface area contributed by atoms with Crippen molar-refractivity contribution in [3.63, 3.8) is 0 Å². The van der Waals surface area contributed by atoms with Gasteiger partial charge in [0.25, 0.3) is 5.91 Å². The van der Waals surface area contributed by atoms with Crippen LogP contribution in [0, 0.1) is 6.92 Å². The third kappa shape index (κ3) is 6.15. The highest BCUT2D eigenvalue weighted by Crippen LogP contribution is 2.39. The summed E-state index contributed by atoms with van der Waals surface area (Å²) in [4.78, 5) is 14.3. The van der Waals surface area contributed by atoms with E-state index in [2.05, 4.69) is 0 Å². The van der Waals surface area contributed by atoms with Crippen LogP contribution < -0.4 is 14.2 Å². The predicted molar refractivity (Wildman–Crippen MR) is 130 cm³/mol. The van der Waals surface area contributed by atoms with Crippen molar-refractivity contribution in [2.75, 3.05) is 26.9 Å². The van der Waals surface area contributed by atoms with Gasteiger partial charge < -0.3 is 14.2 Å². The normalized spacial score (nSPS) is 15.0. The Hall–Kier alpha value is -2.22. The van der Waals surface area contributed by atoms with E-state index in [9.17, 15) is 4.79 Å². The zero-order valence-corrected chi connectivity index (χ0v) is 20.0. The Kier molecular flexibility index (Phi) is 8.23. The Morgan fingerprint density at radius 1 is 1.13 bits per heavy atom. The zero-order chi connectivity index (χ0) is 22.4. The summed E-state index contributed by atoms with van der Waals surface area (Å²) in [5.74, 6) is 1.73. The van der Waals surface area contributed by atoms with Crippen LogP contribution in [0.1, 0.15) is 24.5 Å². The van der Waals surface area contributed by atoms with Crippen LogP contribution in [0.4, 0.5) is 0 Å². The zero-order valence-electron chi connectivity index (χ0n) is 17.6. The van der Waals surface area contributed by atoms with Crippen molar-refractivity contribution in [3.8, 4) is 17.2 Å². The number of carbonyl (C=O) groups is 1. The van der Waals surface area contributed by atoms with Crippen LogP contribution in [0.3, 0.4) is 0 Å². The van der Waals surface area contributed by atoms with Crippen molar-refractivity contribution in [2.24, 2.45) is 0 Å². The molecule has 0 aliphatic carbocycles. The Balaban J connectivity index is 1.64. The number of thiocarbonyl (C=S) groups is 1. The maximum atomic E-state index is 12.3. The molecule has 3 rings (SSSR count). The molecular weight excluding hydrogens is 454 g/mol. The quantitative estimate of drug-likeness (QED) is 0.261. The first kappa shape index (κ1) is 23.4. The van der Waals surface area contributed by atoms with Crippen molar-refractivity contribution in [3.05, 3.63) is 57.5 Å². The number of rotatable bonds is 9. The summed E-state index contributed by atoms with van der Waals surface area (Å²) < 4.78 is 17.9. The molecule has 2 aromatic carbocycles. The number of amides is 1. The molecule has 1 heterocycles. The van der Waals surface area contributed by atoms with Crippen molar-refractivity contribution >= 4 is 51.9 Å².